The molecule has 0 saturated heterocycles. The smallest absolute Gasteiger partial charge is 0.146 e. The van der Waals surface area contributed by atoms with Gasteiger partial charge >= 0.3 is 0 Å². The summed E-state index contributed by atoms with van der Waals surface area (Å²) in [4.78, 5) is 4.24. The van der Waals surface area contributed by atoms with Crippen molar-refractivity contribution in [2.75, 3.05) is 0 Å². The summed E-state index contributed by atoms with van der Waals surface area (Å²) in [7, 11) is 0. The molecule has 0 atom stereocenters. The fraction of sp³-hybridized carbons (Fsp3) is 0.200. The van der Waals surface area contributed by atoms with Gasteiger partial charge in [-0.05, 0) is 35.8 Å². The van der Waals surface area contributed by atoms with Crippen LogP contribution in [0.25, 0.3) is 5.82 Å². The van der Waals surface area contributed by atoms with Crippen molar-refractivity contribution < 1.29 is 0 Å². The molecule has 4 heteroatoms. The fourth-order valence-corrected chi connectivity index (χ4v) is 0.953. The van der Waals surface area contributed by atoms with Gasteiger partial charge in [0.1, 0.15) is 5.82 Å². The third kappa shape index (κ3) is 2.67. The highest BCUT2D eigenvalue weighted by Crippen LogP contribution is 2.09. The Bertz CT molecular complexity index is 401. The molecule has 74 valence electrons. The van der Waals surface area contributed by atoms with E-state index in [2.05, 4.69) is 39.2 Å². The van der Waals surface area contributed by atoms with Crippen molar-refractivity contribution in [3.05, 3.63) is 35.6 Å². The summed E-state index contributed by atoms with van der Waals surface area (Å²) in [5, 5.41) is 4.19. The van der Waals surface area contributed by atoms with Crippen molar-refractivity contribution in [3.8, 4) is 0 Å². The Labute approximate surface area is 92.0 Å². The monoisotopic (exact) mass is 253 g/mol. The second kappa shape index (κ2) is 4.37. The van der Waals surface area contributed by atoms with Crippen LogP contribution in [0.15, 0.2) is 34.9 Å². The average Bonchev–Trinajstić information content (AvgIpc) is 2.51. The van der Waals surface area contributed by atoms with E-state index in [1.807, 2.05) is 26.1 Å². The first-order valence-electron chi connectivity index (χ1n) is 4.12. The van der Waals surface area contributed by atoms with Crippen LogP contribution in [0.1, 0.15) is 12.6 Å². The molecule has 0 aliphatic rings. The summed E-state index contributed by atoms with van der Waals surface area (Å²) in [6.07, 6.45) is 1.82. The number of allylic oxidation sites excluding steroid dienone is 1. The highest BCUT2D eigenvalue weighted by Gasteiger charge is 1.99. The van der Waals surface area contributed by atoms with Crippen molar-refractivity contribution in [1.82, 2.24) is 9.78 Å². The van der Waals surface area contributed by atoms with Gasteiger partial charge < -0.3 is 0 Å². The van der Waals surface area contributed by atoms with Crippen molar-refractivity contribution in [1.29, 1.82) is 0 Å². The summed E-state index contributed by atoms with van der Waals surface area (Å²) in [6, 6.07) is 1.90. The van der Waals surface area contributed by atoms with Crippen molar-refractivity contribution >= 4 is 27.5 Å². The highest BCUT2D eigenvalue weighted by molar-refractivity contribution is 9.12. The Hall–Kier alpha value is -1.16. The predicted octanol–water partition coefficient (Wildman–Crippen LogP) is 2.99. The molecule has 0 spiro atoms. The van der Waals surface area contributed by atoms with E-state index in [1.165, 1.54) is 0 Å². The van der Waals surface area contributed by atoms with E-state index >= 15 is 0 Å². The molecule has 0 fully saturated rings. The molecule has 1 rings (SSSR count). The normalized spacial score (nSPS) is 11.5. The van der Waals surface area contributed by atoms with Gasteiger partial charge in [0, 0.05) is 10.7 Å². The third-order valence-electron chi connectivity index (χ3n) is 1.68. The Balaban J connectivity index is 2.87. The second-order valence-electron chi connectivity index (χ2n) is 2.92. The van der Waals surface area contributed by atoms with Crippen LogP contribution in [0.5, 0.6) is 0 Å². The van der Waals surface area contributed by atoms with E-state index < -0.39 is 0 Å². The van der Waals surface area contributed by atoms with Crippen molar-refractivity contribution in [2.24, 2.45) is 4.99 Å². The molecule has 1 aromatic rings. The number of nitrogens with zero attached hydrogens (tertiary/aromatic N) is 3. The molecule has 14 heavy (non-hydrogen) atoms. The van der Waals surface area contributed by atoms with Gasteiger partial charge in [0.15, 0.2) is 0 Å². The summed E-state index contributed by atoms with van der Waals surface area (Å²) < 4.78 is 2.39. The maximum Gasteiger partial charge on any atom is 0.146 e. The van der Waals surface area contributed by atoms with Gasteiger partial charge in [0.2, 0.25) is 0 Å². The average molecular weight is 254 g/mol. The lowest BCUT2D eigenvalue weighted by atomic mass is 10.4. The van der Waals surface area contributed by atoms with Crippen molar-refractivity contribution in [2.45, 2.75) is 13.8 Å². The van der Waals surface area contributed by atoms with Crippen LogP contribution in [-0.2, 0) is 0 Å². The maximum atomic E-state index is 4.24. The lowest BCUT2D eigenvalue weighted by Gasteiger charge is -2.01. The Morgan fingerprint density at radius 3 is 2.64 bits per heavy atom. The van der Waals surface area contributed by atoms with Crippen LogP contribution in [0, 0.1) is 6.92 Å². The van der Waals surface area contributed by atoms with Gasteiger partial charge in [0.25, 0.3) is 0 Å². The van der Waals surface area contributed by atoms with Crippen LogP contribution < -0.4 is 0 Å². The zero-order valence-electron chi connectivity index (χ0n) is 8.29. The van der Waals surface area contributed by atoms with E-state index in [4.69, 9.17) is 0 Å². The largest absolute Gasteiger partial charge is 0.233 e. The van der Waals surface area contributed by atoms with E-state index in [1.54, 1.807) is 4.68 Å². The molecule has 0 bridgehead atoms. The number of hydrogen-bond donors (Lipinski definition) is 0. The molecular formula is C10H12BrN3. The molecule has 3 nitrogen and oxygen atoms in total. The standard InChI is InChI=1S/C10H12BrN3/c1-7-5-6-14(13-7)10(4)12-9(3)8(2)11/h5-6H,2,4H2,1,3H3/b12-9-. The van der Waals surface area contributed by atoms with Gasteiger partial charge in [-0.3, -0.25) is 0 Å². The van der Waals surface area contributed by atoms with Crippen molar-refractivity contribution in [3.63, 3.8) is 0 Å². The number of hydrogen-bond acceptors (Lipinski definition) is 2. The molecular weight excluding hydrogens is 242 g/mol. The minimum atomic E-state index is 0.580. The number of aromatic nitrogens is 2. The molecule has 1 aromatic heterocycles. The maximum absolute atomic E-state index is 4.24. The molecule has 0 unspecified atom stereocenters. The van der Waals surface area contributed by atoms with E-state index in [0.29, 0.717) is 5.82 Å². The minimum absolute atomic E-state index is 0.580. The quantitative estimate of drug-likeness (QED) is 0.762. The van der Waals surface area contributed by atoms with Crippen LogP contribution in [0.3, 0.4) is 0 Å². The summed E-state index contributed by atoms with van der Waals surface area (Å²) in [5.41, 5.74) is 1.74. The number of aryl methyl sites for hydroxylation is 1. The Morgan fingerprint density at radius 1 is 1.57 bits per heavy atom. The summed E-state index contributed by atoms with van der Waals surface area (Å²) in [6.45, 7) is 11.3. The van der Waals surface area contributed by atoms with Gasteiger partial charge in [-0.1, -0.05) is 13.2 Å². The fourth-order valence-electron chi connectivity index (χ4n) is 0.864. The van der Waals surface area contributed by atoms with Crippen LogP contribution in [-0.4, -0.2) is 15.5 Å². The third-order valence-corrected chi connectivity index (χ3v) is 2.25. The van der Waals surface area contributed by atoms with Gasteiger partial charge in [0.05, 0.1) is 11.4 Å². The zero-order valence-corrected chi connectivity index (χ0v) is 9.87. The molecule has 0 amide bonds. The number of aliphatic imine (C=N–C) groups is 1. The van der Waals surface area contributed by atoms with Crippen LogP contribution in [0.2, 0.25) is 0 Å². The zero-order chi connectivity index (χ0) is 10.7. The highest BCUT2D eigenvalue weighted by atomic mass is 79.9. The van der Waals surface area contributed by atoms with Crippen LogP contribution in [0.4, 0.5) is 0 Å². The van der Waals surface area contributed by atoms with Gasteiger partial charge in [-0.15, -0.1) is 0 Å². The second-order valence-corrected chi connectivity index (χ2v) is 3.88. The summed E-state index contributed by atoms with van der Waals surface area (Å²) >= 11 is 3.25. The lowest BCUT2D eigenvalue weighted by Crippen LogP contribution is -1.98. The topological polar surface area (TPSA) is 30.2 Å². The number of rotatable bonds is 3. The molecule has 0 aliphatic heterocycles. The first-order valence-corrected chi connectivity index (χ1v) is 4.91. The molecule has 0 saturated carbocycles. The molecule has 1 heterocycles. The predicted molar refractivity (Wildman–Crippen MR) is 63.5 cm³/mol. The first-order chi connectivity index (χ1) is 6.50. The summed E-state index contributed by atoms with van der Waals surface area (Å²) in [5.74, 6) is 0.580. The van der Waals surface area contributed by atoms with Gasteiger partial charge in [-0.25, -0.2) is 9.67 Å². The molecule has 0 aliphatic carbocycles. The van der Waals surface area contributed by atoms with E-state index in [0.717, 1.165) is 15.9 Å². The Kier molecular flexibility index (Phi) is 3.41. The molecule has 0 aromatic carbocycles. The lowest BCUT2D eigenvalue weighted by molar-refractivity contribution is 0.872. The van der Waals surface area contributed by atoms with E-state index in [-0.39, 0.29) is 0 Å². The first kappa shape index (κ1) is 10.9. The Morgan fingerprint density at radius 2 is 2.21 bits per heavy atom. The number of halogens is 1. The van der Waals surface area contributed by atoms with Gasteiger partial charge in [-0.2, -0.15) is 5.10 Å². The minimum Gasteiger partial charge on any atom is -0.233 e. The SMILES string of the molecule is C=C(Br)/C(C)=N\C(=C)n1ccc(C)n1. The molecule has 0 radical (unpaired) electrons. The van der Waals surface area contributed by atoms with E-state index in [9.17, 15) is 0 Å². The molecule has 0 N–H and O–H groups in total. The van der Waals surface area contributed by atoms with Crippen LogP contribution >= 0.6 is 15.9 Å².